The first-order valence-electron chi connectivity index (χ1n) is 15.9. The van der Waals surface area contributed by atoms with Gasteiger partial charge in [0, 0.05) is 77.5 Å². The molecule has 0 amide bonds. The van der Waals surface area contributed by atoms with Crippen molar-refractivity contribution in [3.05, 3.63) is 108 Å². The largest absolute Gasteiger partial charge is 0.481 e. The number of nitrogens with one attached hydrogen (secondary N) is 3. The molecule has 5 aromatic rings. The van der Waals surface area contributed by atoms with Gasteiger partial charge >= 0.3 is 5.97 Å². The molecule has 2 aromatic carbocycles. The van der Waals surface area contributed by atoms with Crippen molar-refractivity contribution in [1.29, 1.82) is 0 Å². The van der Waals surface area contributed by atoms with E-state index in [0.717, 1.165) is 47.9 Å². The minimum Gasteiger partial charge on any atom is -0.481 e. The standard InChI is InChI=1S/C36H40FN7O3/c1-36(2)14-4-3-8-32(24-7-5-6-23(18-24)9-10-34(45)46)44-17-13-29(43-44)31-19-25(11-15-41-31)47-35-27(21-39-22-33(36)42-38)26-12-16-40-30(26)20-28(35)37/h5-7,11-13,15-20,22,32,39-40,42H,3-4,8-10,14,21,38H2,1-2H3,(H,45,46)/b33-22-. The Morgan fingerprint density at radius 1 is 1.17 bits per heavy atom. The molecular formula is C36H40FN7O3. The molecule has 0 saturated heterocycles. The Balaban J connectivity index is 1.40. The van der Waals surface area contributed by atoms with Crippen molar-refractivity contribution in [2.24, 2.45) is 11.3 Å². The van der Waals surface area contributed by atoms with Crippen LogP contribution in [0.3, 0.4) is 0 Å². The molecule has 244 valence electrons. The quantitative estimate of drug-likeness (QED) is 0.103. The van der Waals surface area contributed by atoms with Crippen molar-refractivity contribution < 1.29 is 19.0 Å². The minimum atomic E-state index is -0.820. The lowest BCUT2D eigenvalue weighted by Gasteiger charge is -2.28. The topological polar surface area (TPSA) is 143 Å². The number of ether oxygens (including phenoxy) is 1. The molecule has 4 heterocycles. The Kier molecular flexibility index (Phi) is 9.26. The number of carboxylic acid groups (broad SMARTS) is 1. The van der Waals surface area contributed by atoms with Gasteiger partial charge in [-0.3, -0.25) is 20.3 Å². The summed E-state index contributed by atoms with van der Waals surface area (Å²) >= 11 is 0. The maximum Gasteiger partial charge on any atom is 0.303 e. The summed E-state index contributed by atoms with van der Waals surface area (Å²) in [5.74, 6) is 5.27. The van der Waals surface area contributed by atoms with Crippen LogP contribution in [0.4, 0.5) is 4.39 Å². The smallest absolute Gasteiger partial charge is 0.303 e. The number of H-pyrrole nitrogens is 1. The maximum atomic E-state index is 15.6. The van der Waals surface area contributed by atoms with Crippen molar-refractivity contribution >= 4 is 16.9 Å². The average Bonchev–Trinajstić information content (AvgIpc) is 3.73. The first-order chi connectivity index (χ1) is 22.7. The number of nitrogens with two attached hydrogens (primary N) is 1. The first kappa shape index (κ1) is 31.8. The third-order valence-corrected chi connectivity index (χ3v) is 8.91. The molecule has 0 saturated carbocycles. The van der Waals surface area contributed by atoms with E-state index < -0.39 is 11.8 Å². The van der Waals surface area contributed by atoms with Gasteiger partial charge in [-0.25, -0.2) is 4.39 Å². The van der Waals surface area contributed by atoms with E-state index in [1.165, 1.54) is 6.07 Å². The van der Waals surface area contributed by atoms with Crippen LogP contribution in [0.5, 0.6) is 11.5 Å². The zero-order valence-electron chi connectivity index (χ0n) is 26.6. The second-order valence-corrected chi connectivity index (χ2v) is 12.6. The van der Waals surface area contributed by atoms with Gasteiger partial charge in [0.1, 0.15) is 11.4 Å². The minimum absolute atomic E-state index is 0.0729. The summed E-state index contributed by atoms with van der Waals surface area (Å²) in [7, 11) is 0. The Morgan fingerprint density at radius 3 is 2.87 bits per heavy atom. The molecule has 6 N–H and O–H groups in total. The fraction of sp³-hybridized carbons (Fsp3) is 0.306. The van der Waals surface area contributed by atoms with Gasteiger partial charge in [-0.15, -0.1) is 0 Å². The van der Waals surface area contributed by atoms with Gasteiger partial charge in [0.15, 0.2) is 11.6 Å². The number of aliphatic carboxylic acids is 1. The van der Waals surface area contributed by atoms with Gasteiger partial charge in [-0.05, 0) is 48.6 Å². The molecule has 6 rings (SSSR count). The van der Waals surface area contributed by atoms with Crippen LogP contribution in [0.1, 0.15) is 68.7 Å². The van der Waals surface area contributed by atoms with Crippen LogP contribution in [-0.4, -0.2) is 30.8 Å². The number of benzene rings is 2. The molecule has 1 aliphatic rings. The van der Waals surface area contributed by atoms with Crippen molar-refractivity contribution in [2.45, 2.75) is 65.0 Å². The lowest BCUT2D eigenvalue weighted by molar-refractivity contribution is -0.136. The highest BCUT2D eigenvalue weighted by Gasteiger charge is 2.25. The summed E-state index contributed by atoms with van der Waals surface area (Å²) in [5.41, 5.74) is 8.08. The zero-order valence-corrected chi connectivity index (χ0v) is 26.6. The third-order valence-electron chi connectivity index (χ3n) is 8.91. The number of hydrazine groups is 1. The maximum absolute atomic E-state index is 15.6. The second-order valence-electron chi connectivity index (χ2n) is 12.6. The second kappa shape index (κ2) is 13.7. The Morgan fingerprint density at radius 2 is 2.04 bits per heavy atom. The van der Waals surface area contributed by atoms with Gasteiger partial charge < -0.3 is 25.6 Å². The number of pyridine rings is 1. The number of hydrogen-bond acceptors (Lipinski definition) is 7. The summed E-state index contributed by atoms with van der Waals surface area (Å²) in [4.78, 5) is 18.9. The number of aromatic amines is 1. The molecule has 1 aliphatic heterocycles. The van der Waals surface area contributed by atoms with E-state index in [9.17, 15) is 9.90 Å². The third kappa shape index (κ3) is 7.15. The lowest BCUT2D eigenvalue weighted by Crippen LogP contribution is -2.33. The summed E-state index contributed by atoms with van der Waals surface area (Å²) in [6.45, 7) is 4.60. The number of aromatic nitrogens is 4. The highest BCUT2D eigenvalue weighted by atomic mass is 19.1. The van der Waals surface area contributed by atoms with Crippen LogP contribution < -0.4 is 21.3 Å². The first-order valence-corrected chi connectivity index (χ1v) is 15.9. The predicted octanol–water partition coefficient (Wildman–Crippen LogP) is 6.96. The Labute approximate surface area is 272 Å². The van der Waals surface area contributed by atoms with E-state index >= 15 is 4.39 Å². The van der Waals surface area contributed by atoms with Crippen LogP contribution in [-0.2, 0) is 17.8 Å². The van der Waals surface area contributed by atoms with Gasteiger partial charge in [0.25, 0.3) is 0 Å². The van der Waals surface area contributed by atoms with E-state index in [4.69, 9.17) is 15.7 Å². The van der Waals surface area contributed by atoms with Crippen molar-refractivity contribution in [3.8, 4) is 22.9 Å². The van der Waals surface area contributed by atoms with Crippen molar-refractivity contribution in [3.63, 3.8) is 0 Å². The van der Waals surface area contributed by atoms with Gasteiger partial charge in [-0.1, -0.05) is 51.0 Å². The summed E-state index contributed by atoms with van der Waals surface area (Å²) in [6, 6.07) is 16.7. The Hall–Kier alpha value is -5.16. The summed E-state index contributed by atoms with van der Waals surface area (Å²) < 4.78 is 23.8. The molecule has 0 radical (unpaired) electrons. The normalized spacial score (nSPS) is 18.0. The van der Waals surface area contributed by atoms with Crippen LogP contribution in [0, 0.1) is 11.2 Å². The average molecular weight is 638 g/mol. The van der Waals surface area contributed by atoms with Crippen molar-refractivity contribution in [2.75, 3.05) is 0 Å². The lowest BCUT2D eigenvalue weighted by atomic mass is 9.83. The molecule has 11 heteroatoms. The van der Waals surface area contributed by atoms with Crippen LogP contribution in [0.25, 0.3) is 22.3 Å². The monoisotopic (exact) mass is 637 g/mol. The molecule has 1 unspecified atom stereocenters. The SMILES string of the molecule is CC1(C)CCCCC(c2cccc(CCC(=O)O)c2)n2ccc(n2)-c2cc(ccn2)Oc2c(F)cc3[nH]ccc3c2CN/C=C/1NN. The van der Waals surface area contributed by atoms with Crippen LogP contribution >= 0.6 is 0 Å². The molecule has 10 nitrogen and oxygen atoms in total. The van der Waals surface area contributed by atoms with E-state index in [1.54, 1.807) is 24.5 Å². The van der Waals surface area contributed by atoms with E-state index in [0.29, 0.717) is 41.2 Å². The molecule has 0 spiro atoms. The number of halogens is 1. The van der Waals surface area contributed by atoms with Gasteiger partial charge in [0.05, 0.1) is 11.7 Å². The van der Waals surface area contributed by atoms with Gasteiger partial charge in [0.2, 0.25) is 0 Å². The zero-order chi connectivity index (χ0) is 33.0. The molecule has 0 fully saturated rings. The molecule has 1 atom stereocenters. The molecular weight excluding hydrogens is 597 g/mol. The number of carbonyl (C=O) groups is 1. The summed E-state index contributed by atoms with van der Waals surface area (Å²) in [6.07, 6.45) is 11.3. The number of nitrogens with zero attached hydrogens (tertiary/aromatic N) is 3. The number of aryl methyl sites for hydroxylation is 1. The number of fused-ring (bicyclic) bond motifs is 8. The number of rotatable bonds is 5. The molecule has 47 heavy (non-hydrogen) atoms. The van der Waals surface area contributed by atoms with Crippen LogP contribution in [0.2, 0.25) is 0 Å². The van der Waals surface area contributed by atoms with Crippen molar-refractivity contribution in [1.82, 2.24) is 30.5 Å². The Bertz CT molecular complexity index is 1910. The summed E-state index contributed by atoms with van der Waals surface area (Å²) in [5, 5.41) is 18.4. The highest BCUT2D eigenvalue weighted by molar-refractivity contribution is 5.85. The van der Waals surface area contributed by atoms with E-state index in [-0.39, 0.29) is 23.6 Å². The highest BCUT2D eigenvalue weighted by Crippen LogP contribution is 2.36. The fourth-order valence-electron chi connectivity index (χ4n) is 6.28. The van der Waals surface area contributed by atoms with E-state index in [2.05, 4.69) is 46.7 Å². The molecule has 4 bridgehead atoms. The fourth-order valence-corrected chi connectivity index (χ4v) is 6.28. The number of allylic oxidation sites excluding steroid dienone is 1. The molecule has 0 aliphatic carbocycles. The predicted molar refractivity (Wildman–Crippen MR) is 179 cm³/mol. The van der Waals surface area contributed by atoms with E-state index in [1.807, 2.05) is 41.3 Å². The van der Waals surface area contributed by atoms with Crippen LogP contribution in [0.15, 0.2) is 85.1 Å². The molecule has 3 aromatic heterocycles. The number of hydrogen-bond donors (Lipinski definition) is 5. The van der Waals surface area contributed by atoms with Gasteiger partial charge in [-0.2, -0.15) is 5.10 Å². The number of carboxylic acids is 1.